The smallest absolute Gasteiger partial charge is 0.295 e. The average molecular weight is 461 g/mol. The van der Waals surface area contributed by atoms with Crippen molar-refractivity contribution in [2.75, 3.05) is 13.2 Å². The molecule has 4 rings (SSSR count). The Balaban J connectivity index is 1.66. The first kappa shape index (κ1) is 23.2. The van der Waals surface area contributed by atoms with E-state index in [9.17, 15) is 14.7 Å². The topological polar surface area (TPSA) is 97.6 Å². The summed E-state index contributed by atoms with van der Waals surface area (Å²) < 4.78 is 7.68. The first-order chi connectivity index (χ1) is 16.6. The van der Waals surface area contributed by atoms with Gasteiger partial charge in [-0.25, -0.2) is 4.98 Å². The number of aromatic nitrogens is 3. The van der Waals surface area contributed by atoms with Gasteiger partial charge in [0.25, 0.3) is 11.7 Å². The molecule has 2 aromatic heterocycles. The van der Waals surface area contributed by atoms with Crippen molar-refractivity contribution in [2.24, 2.45) is 0 Å². The van der Waals surface area contributed by atoms with Gasteiger partial charge in [-0.15, -0.1) is 0 Å². The Morgan fingerprint density at radius 1 is 1.06 bits per heavy atom. The Labute approximate surface area is 198 Å². The first-order valence-corrected chi connectivity index (χ1v) is 11.5. The summed E-state index contributed by atoms with van der Waals surface area (Å²) >= 11 is 0. The largest absolute Gasteiger partial charge is 0.507 e. The molecule has 34 heavy (non-hydrogen) atoms. The molecule has 1 unspecified atom stereocenters. The normalized spacial score (nSPS) is 17.3. The van der Waals surface area contributed by atoms with Crippen molar-refractivity contribution in [1.29, 1.82) is 0 Å². The number of hydrogen-bond acceptors (Lipinski definition) is 6. The second-order valence-corrected chi connectivity index (χ2v) is 8.16. The molecule has 1 aliphatic heterocycles. The molecule has 0 radical (unpaired) electrons. The predicted molar refractivity (Wildman–Crippen MR) is 127 cm³/mol. The molecule has 8 nitrogen and oxygen atoms in total. The minimum absolute atomic E-state index is 0.0736. The minimum Gasteiger partial charge on any atom is -0.507 e. The number of ketones is 1. The third-order valence-corrected chi connectivity index (χ3v) is 5.81. The lowest BCUT2D eigenvalue weighted by atomic mass is 9.96. The van der Waals surface area contributed by atoms with Crippen LogP contribution in [0.25, 0.3) is 5.76 Å². The van der Waals surface area contributed by atoms with Crippen LogP contribution < -0.4 is 4.74 Å². The average Bonchev–Trinajstić information content (AvgIpc) is 3.47. The number of rotatable bonds is 10. The Kier molecular flexibility index (Phi) is 7.37. The van der Waals surface area contributed by atoms with Crippen molar-refractivity contribution >= 4 is 17.4 Å². The van der Waals surface area contributed by atoms with Crippen molar-refractivity contribution in [3.05, 3.63) is 84.2 Å². The summed E-state index contributed by atoms with van der Waals surface area (Å²) in [6, 6.07) is 9.79. The number of aliphatic hydroxyl groups excluding tert-OH is 1. The van der Waals surface area contributed by atoms with E-state index in [0.29, 0.717) is 43.0 Å². The first-order valence-electron chi connectivity index (χ1n) is 11.5. The molecule has 8 heteroatoms. The SMILES string of the molecule is CCCCOc1cccc(C(O)=C2C(=O)C(=O)N(CCCn3ccnc3)C2c2ccncc2)c1. The highest BCUT2D eigenvalue weighted by Gasteiger charge is 2.45. The summed E-state index contributed by atoms with van der Waals surface area (Å²) in [6.07, 6.45) is 11.0. The molecule has 1 amide bonds. The van der Waals surface area contributed by atoms with Crippen LogP contribution in [-0.4, -0.2) is 49.4 Å². The molecule has 1 N–H and O–H groups in total. The third kappa shape index (κ3) is 5.01. The monoisotopic (exact) mass is 460 g/mol. The molecule has 1 aromatic carbocycles. The molecule has 1 saturated heterocycles. The second kappa shape index (κ2) is 10.8. The van der Waals surface area contributed by atoms with Crippen LogP contribution in [0.3, 0.4) is 0 Å². The third-order valence-electron chi connectivity index (χ3n) is 5.81. The number of carbonyl (C=O) groups excluding carboxylic acids is 2. The van der Waals surface area contributed by atoms with Crippen molar-refractivity contribution in [1.82, 2.24) is 19.4 Å². The molecule has 176 valence electrons. The summed E-state index contributed by atoms with van der Waals surface area (Å²) in [5.41, 5.74) is 1.22. The highest BCUT2D eigenvalue weighted by atomic mass is 16.5. The number of nitrogens with zero attached hydrogens (tertiary/aromatic N) is 4. The minimum atomic E-state index is -0.699. The van der Waals surface area contributed by atoms with E-state index in [1.165, 1.54) is 4.90 Å². The van der Waals surface area contributed by atoms with Gasteiger partial charge in [-0.05, 0) is 42.7 Å². The number of amides is 1. The molecule has 1 aliphatic rings. The Bertz CT molecular complexity index is 1160. The molecule has 0 aliphatic carbocycles. The van der Waals surface area contributed by atoms with E-state index in [1.807, 2.05) is 16.8 Å². The number of aryl methyl sites for hydroxylation is 1. The summed E-state index contributed by atoms with van der Waals surface area (Å²) in [5, 5.41) is 11.2. The van der Waals surface area contributed by atoms with Gasteiger partial charge in [-0.3, -0.25) is 14.6 Å². The molecular formula is C26H28N4O4. The van der Waals surface area contributed by atoms with Crippen LogP contribution in [0.2, 0.25) is 0 Å². The van der Waals surface area contributed by atoms with Crippen molar-refractivity contribution in [3.63, 3.8) is 0 Å². The Hall–Kier alpha value is -3.94. The summed E-state index contributed by atoms with van der Waals surface area (Å²) in [6.45, 7) is 3.66. The fourth-order valence-corrected chi connectivity index (χ4v) is 4.07. The van der Waals surface area contributed by atoms with E-state index in [2.05, 4.69) is 16.9 Å². The molecule has 0 bridgehead atoms. The zero-order chi connectivity index (χ0) is 23.9. The molecule has 0 saturated carbocycles. The fourth-order valence-electron chi connectivity index (χ4n) is 4.07. The lowest BCUT2D eigenvalue weighted by Crippen LogP contribution is -2.31. The number of likely N-dealkylation sites (tertiary alicyclic amines) is 1. The zero-order valence-corrected chi connectivity index (χ0v) is 19.1. The van der Waals surface area contributed by atoms with Gasteiger partial charge in [0.1, 0.15) is 11.5 Å². The number of pyridine rings is 1. The molecular weight excluding hydrogens is 432 g/mol. The van der Waals surface area contributed by atoms with E-state index in [1.54, 1.807) is 55.2 Å². The maximum atomic E-state index is 13.1. The van der Waals surface area contributed by atoms with Crippen molar-refractivity contribution in [2.45, 2.75) is 38.8 Å². The maximum absolute atomic E-state index is 13.1. The van der Waals surface area contributed by atoms with Gasteiger partial charge in [-0.1, -0.05) is 25.5 Å². The van der Waals surface area contributed by atoms with Gasteiger partial charge in [0.05, 0.1) is 24.5 Å². The number of hydrogen-bond donors (Lipinski definition) is 1. The summed E-state index contributed by atoms with van der Waals surface area (Å²) in [5.74, 6) is -0.922. The highest BCUT2D eigenvalue weighted by molar-refractivity contribution is 6.46. The van der Waals surface area contributed by atoms with Crippen LogP contribution in [-0.2, 0) is 16.1 Å². The number of unbranched alkanes of at least 4 members (excludes halogenated alkanes) is 1. The lowest BCUT2D eigenvalue weighted by Gasteiger charge is -2.25. The lowest BCUT2D eigenvalue weighted by molar-refractivity contribution is -0.139. The number of Topliss-reactive ketones (excluding diaryl/α,β-unsaturated/α-hetero) is 1. The van der Waals surface area contributed by atoms with Crippen LogP contribution in [0.4, 0.5) is 0 Å². The van der Waals surface area contributed by atoms with Gasteiger partial charge >= 0.3 is 0 Å². The van der Waals surface area contributed by atoms with E-state index < -0.39 is 17.7 Å². The van der Waals surface area contributed by atoms with Gasteiger partial charge < -0.3 is 19.3 Å². The number of ether oxygens (including phenoxy) is 1. The van der Waals surface area contributed by atoms with Crippen LogP contribution in [0.1, 0.15) is 43.4 Å². The van der Waals surface area contributed by atoms with Crippen LogP contribution in [0.15, 0.2) is 73.1 Å². The van der Waals surface area contributed by atoms with Gasteiger partial charge in [0, 0.05) is 43.4 Å². The summed E-state index contributed by atoms with van der Waals surface area (Å²) in [7, 11) is 0. The van der Waals surface area contributed by atoms with E-state index in [0.717, 1.165) is 12.8 Å². The van der Waals surface area contributed by atoms with Crippen LogP contribution >= 0.6 is 0 Å². The van der Waals surface area contributed by atoms with E-state index in [4.69, 9.17) is 4.74 Å². The second-order valence-electron chi connectivity index (χ2n) is 8.16. The molecule has 1 fully saturated rings. The number of carbonyl (C=O) groups is 2. The molecule has 3 heterocycles. The predicted octanol–water partition coefficient (Wildman–Crippen LogP) is 3.97. The van der Waals surface area contributed by atoms with Gasteiger partial charge in [0.15, 0.2) is 0 Å². The zero-order valence-electron chi connectivity index (χ0n) is 19.1. The standard InChI is InChI=1S/C26H28N4O4/c1-2-3-16-34-21-7-4-6-20(17-21)24(31)22-23(19-8-10-27-11-9-19)30(26(33)25(22)32)14-5-13-29-15-12-28-18-29/h4,6-12,15,17-18,23,31H,2-3,5,13-14,16H2,1H3. The number of benzene rings is 1. The molecule has 0 spiro atoms. The Morgan fingerprint density at radius 2 is 1.88 bits per heavy atom. The number of imidazole rings is 1. The Morgan fingerprint density at radius 3 is 2.62 bits per heavy atom. The van der Waals surface area contributed by atoms with Crippen LogP contribution in [0.5, 0.6) is 5.75 Å². The van der Waals surface area contributed by atoms with E-state index in [-0.39, 0.29) is 11.3 Å². The van der Waals surface area contributed by atoms with Gasteiger partial charge in [0.2, 0.25) is 0 Å². The number of aliphatic hydroxyl groups is 1. The maximum Gasteiger partial charge on any atom is 0.295 e. The van der Waals surface area contributed by atoms with Crippen molar-refractivity contribution < 1.29 is 19.4 Å². The van der Waals surface area contributed by atoms with Crippen LogP contribution in [0, 0.1) is 0 Å². The highest BCUT2D eigenvalue weighted by Crippen LogP contribution is 2.39. The van der Waals surface area contributed by atoms with E-state index >= 15 is 0 Å². The molecule has 3 aromatic rings. The fraction of sp³-hybridized carbons (Fsp3) is 0.308. The molecule has 1 atom stereocenters. The van der Waals surface area contributed by atoms with Crippen molar-refractivity contribution in [3.8, 4) is 5.75 Å². The quantitative estimate of drug-likeness (QED) is 0.213. The van der Waals surface area contributed by atoms with Gasteiger partial charge in [-0.2, -0.15) is 0 Å². The summed E-state index contributed by atoms with van der Waals surface area (Å²) in [4.78, 5) is 35.8.